The van der Waals surface area contributed by atoms with Crippen LogP contribution in [0.25, 0.3) is 0 Å². The van der Waals surface area contributed by atoms with E-state index in [-0.39, 0.29) is 17.8 Å². The maximum atomic E-state index is 13.0. The number of rotatable bonds is 3. The molecule has 1 unspecified atom stereocenters. The molecule has 1 atom stereocenters. The molecule has 114 valence electrons. The van der Waals surface area contributed by atoms with Crippen molar-refractivity contribution in [1.29, 1.82) is 0 Å². The standard InChI is InChI=1S/C12H10F5N3O/c1-11(18,12(15,16)17)10-19-9(20-21-10)4-6-2-7(13)5-8(14)3-6/h2-3,5H,4,18H2,1H3. The summed E-state index contributed by atoms with van der Waals surface area (Å²) in [4.78, 5) is 3.54. The van der Waals surface area contributed by atoms with Crippen LogP contribution in [0.4, 0.5) is 22.0 Å². The Hall–Kier alpha value is -2.03. The summed E-state index contributed by atoms with van der Waals surface area (Å²) < 4.78 is 68.6. The average molecular weight is 307 g/mol. The molecule has 1 heterocycles. The zero-order valence-electron chi connectivity index (χ0n) is 10.7. The van der Waals surface area contributed by atoms with Gasteiger partial charge in [0.15, 0.2) is 11.4 Å². The summed E-state index contributed by atoms with van der Waals surface area (Å²) >= 11 is 0. The third-order valence-corrected chi connectivity index (χ3v) is 2.79. The summed E-state index contributed by atoms with van der Waals surface area (Å²) in [6.45, 7) is 0.687. The highest BCUT2D eigenvalue weighted by atomic mass is 19.4. The van der Waals surface area contributed by atoms with Crippen LogP contribution in [0.2, 0.25) is 0 Å². The Morgan fingerprint density at radius 2 is 1.71 bits per heavy atom. The number of hydrogen-bond acceptors (Lipinski definition) is 4. The molecule has 2 rings (SSSR count). The Morgan fingerprint density at radius 3 is 2.24 bits per heavy atom. The van der Waals surface area contributed by atoms with E-state index in [1.165, 1.54) is 0 Å². The number of benzene rings is 1. The normalized spacial score (nSPS) is 15.0. The van der Waals surface area contributed by atoms with E-state index in [1.807, 2.05) is 0 Å². The highest BCUT2D eigenvalue weighted by Crippen LogP contribution is 2.35. The smallest absolute Gasteiger partial charge is 0.337 e. The lowest BCUT2D eigenvalue weighted by Crippen LogP contribution is -2.48. The number of nitrogens with zero attached hydrogens (tertiary/aromatic N) is 2. The molecule has 0 aliphatic carbocycles. The minimum absolute atomic E-state index is 0.157. The van der Waals surface area contributed by atoms with Crippen molar-refractivity contribution in [2.24, 2.45) is 5.73 Å². The van der Waals surface area contributed by atoms with Gasteiger partial charge in [-0.25, -0.2) is 8.78 Å². The van der Waals surface area contributed by atoms with Crippen LogP contribution in [-0.4, -0.2) is 16.3 Å². The van der Waals surface area contributed by atoms with Gasteiger partial charge in [-0.2, -0.15) is 18.2 Å². The lowest BCUT2D eigenvalue weighted by atomic mass is 10.0. The van der Waals surface area contributed by atoms with E-state index in [0.29, 0.717) is 13.0 Å². The van der Waals surface area contributed by atoms with E-state index in [1.54, 1.807) is 0 Å². The molecule has 0 aliphatic heterocycles. The molecule has 0 spiro atoms. The minimum Gasteiger partial charge on any atom is -0.337 e. The van der Waals surface area contributed by atoms with Crippen molar-refractivity contribution in [3.05, 3.63) is 47.1 Å². The van der Waals surface area contributed by atoms with Gasteiger partial charge in [0.1, 0.15) is 11.6 Å². The SMILES string of the molecule is CC(N)(c1nc(Cc2cc(F)cc(F)c2)no1)C(F)(F)F. The third kappa shape index (κ3) is 3.18. The van der Waals surface area contributed by atoms with Crippen LogP contribution < -0.4 is 5.73 Å². The Morgan fingerprint density at radius 1 is 1.14 bits per heavy atom. The summed E-state index contributed by atoms with van der Waals surface area (Å²) in [6.07, 6.45) is -4.96. The fourth-order valence-electron chi connectivity index (χ4n) is 1.55. The number of alkyl halides is 3. The number of halogens is 5. The van der Waals surface area contributed by atoms with Crippen LogP contribution in [0.15, 0.2) is 22.7 Å². The molecule has 21 heavy (non-hydrogen) atoms. The number of aromatic nitrogens is 2. The zero-order chi connectivity index (χ0) is 15.8. The first kappa shape index (κ1) is 15.4. The van der Waals surface area contributed by atoms with Crippen molar-refractivity contribution < 1.29 is 26.5 Å². The fraction of sp³-hybridized carbons (Fsp3) is 0.333. The van der Waals surface area contributed by atoms with Gasteiger partial charge in [-0.3, -0.25) is 0 Å². The summed E-state index contributed by atoms with van der Waals surface area (Å²) in [7, 11) is 0. The van der Waals surface area contributed by atoms with E-state index in [0.717, 1.165) is 12.1 Å². The Balaban J connectivity index is 2.25. The van der Waals surface area contributed by atoms with Gasteiger partial charge in [0.05, 0.1) is 0 Å². The first-order valence-corrected chi connectivity index (χ1v) is 5.73. The van der Waals surface area contributed by atoms with Crippen LogP contribution in [0.3, 0.4) is 0 Å². The van der Waals surface area contributed by atoms with Gasteiger partial charge >= 0.3 is 6.18 Å². The van der Waals surface area contributed by atoms with Crippen LogP contribution >= 0.6 is 0 Å². The summed E-state index contributed by atoms with van der Waals surface area (Å²) in [5, 5.41) is 3.34. The monoisotopic (exact) mass is 307 g/mol. The molecule has 0 amide bonds. The third-order valence-electron chi connectivity index (χ3n) is 2.79. The largest absolute Gasteiger partial charge is 0.415 e. The lowest BCUT2D eigenvalue weighted by molar-refractivity contribution is -0.190. The molecule has 0 radical (unpaired) electrons. The van der Waals surface area contributed by atoms with Crippen molar-refractivity contribution in [3.63, 3.8) is 0 Å². The molecule has 9 heteroatoms. The molecular formula is C12H10F5N3O. The number of hydrogen-bond donors (Lipinski definition) is 1. The summed E-state index contributed by atoms with van der Waals surface area (Å²) in [5.74, 6) is -2.60. The lowest BCUT2D eigenvalue weighted by Gasteiger charge is -2.22. The van der Waals surface area contributed by atoms with Crippen molar-refractivity contribution in [2.45, 2.75) is 25.1 Å². The molecule has 4 nitrogen and oxygen atoms in total. The van der Waals surface area contributed by atoms with Crippen LogP contribution in [0, 0.1) is 11.6 Å². The molecule has 2 N–H and O–H groups in total. The molecule has 0 bridgehead atoms. The van der Waals surface area contributed by atoms with Crippen LogP contribution in [-0.2, 0) is 12.0 Å². The minimum atomic E-state index is -4.78. The Kier molecular flexibility index (Phi) is 3.70. The average Bonchev–Trinajstić information content (AvgIpc) is 2.74. The summed E-state index contributed by atoms with van der Waals surface area (Å²) in [6, 6.07) is 2.71. The zero-order valence-corrected chi connectivity index (χ0v) is 10.7. The topological polar surface area (TPSA) is 64.9 Å². The quantitative estimate of drug-likeness (QED) is 0.885. The molecule has 1 aromatic carbocycles. The van der Waals surface area contributed by atoms with Gasteiger partial charge in [0.2, 0.25) is 0 Å². The Labute approximate surface area is 115 Å². The van der Waals surface area contributed by atoms with Crippen LogP contribution in [0.5, 0.6) is 0 Å². The van der Waals surface area contributed by atoms with E-state index in [2.05, 4.69) is 14.7 Å². The van der Waals surface area contributed by atoms with Gasteiger partial charge < -0.3 is 10.3 Å². The first-order valence-electron chi connectivity index (χ1n) is 5.73. The van der Waals surface area contributed by atoms with E-state index < -0.39 is 29.2 Å². The van der Waals surface area contributed by atoms with Crippen molar-refractivity contribution >= 4 is 0 Å². The van der Waals surface area contributed by atoms with E-state index >= 15 is 0 Å². The fourth-order valence-corrected chi connectivity index (χ4v) is 1.55. The van der Waals surface area contributed by atoms with E-state index in [4.69, 9.17) is 5.73 Å². The second-order valence-electron chi connectivity index (χ2n) is 4.67. The van der Waals surface area contributed by atoms with Crippen molar-refractivity contribution in [1.82, 2.24) is 10.1 Å². The summed E-state index contributed by atoms with van der Waals surface area (Å²) in [5.41, 5.74) is 2.49. The van der Waals surface area contributed by atoms with Gasteiger partial charge in [-0.15, -0.1) is 0 Å². The van der Waals surface area contributed by atoms with Gasteiger partial charge in [-0.1, -0.05) is 5.16 Å². The van der Waals surface area contributed by atoms with Gasteiger partial charge in [0.25, 0.3) is 5.89 Å². The predicted octanol–water partition coefficient (Wildman–Crippen LogP) is 2.67. The van der Waals surface area contributed by atoms with Crippen LogP contribution in [0.1, 0.15) is 24.2 Å². The molecule has 0 fully saturated rings. The predicted molar refractivity (Wildman–Crippen MR) is 61.1 cm³/mol. The second kappa shape index (κ2) is 5.06. The molecular weight excluding hydrogens is 297 g/mol. The Bertz CT molecular complexity index is 630. The van der Waals surface area contributed by atoms with Gasteiger partial charge in [0, 0.05) is 12.5 Å². The van der Waals surface area contributed by atoms with Gasteiger partial charge in [-0.05, 0) is 24.6 Å². The molecule has 0 aliphatic rings. The van der Waals surface area contributed by atoms with Crippen molar-refractivity contribution in [2.75, 3.05) is 0 Å². The molecule has 0 saturated carbocycles. The molecule has 1 aromatic heterocycles. The highest BCUT2D eigenvalue weighted by molar-refractivity contribution is 5.21. The molecule has 2 aromatic rings. The van der Waals surface area contributed by atoms with Crippen molar-refractivity contribution in [3.8, 4) is 0 Å². The second-order valence-corrected chi connectivity index (χ2v) is 4.67. The first-order chi connectivity index (χ1) is 9.59. The maximum absolute atomic E-state index is 13.0. The number of nitrogens with two attached hydrogens (primary N) is 1. The highest BCUT2D eigenvalue weighted by Gasteiger charge is 2.53. The van der Waals surface area contributed by atoms with E-state index in [9.17, 15) is 22.0 Å². The maximum Gasteiger partial charge on any atom is 0.415 e. The molecule has 0 saturated heterocycles.